The first-order valence-corrected chi connectivity index (χ1v) is 13.0. The molecule has 0 fully saturated rings. The molecule has 2 aromatic heterocycles. The molecule has 4 aromatic rings. The number of hydrogen-bond acceptors (Lipinski definition) is 6. The predicted molar refractivity (Wildman–Crippen MR) is 140 cm³/mol. The molecule has 0 bridgehead atoms. The lowest BCUT2D eigenvalue weighted by Crippen LogP contribution is -2.03. The third kappa shape index (κ3) is 8.88. The van der Waals surface area contributed by atoms with Crippen LogP contribution in [0, 0.1) is 0 Å². The monoisotopic (exact) mass is 580 g/mol. The van der Waals surface area contributed by atoms with Crippen LogP contribution in [0.1, 0.15) is 45.4 Å². The highest BCUT2D eigenvalue weighted by atomic mass is 32.2. The van der Waals surface area contributed by atoms with E-state index in [2.05, 4.69) is 9.97 Å². The molecule has 0 aliphatic rings. The van der Waals surface area contributed by atoms with E-state index in [1.807, 2.05) is 0 Å². The third-order valence-corrected chi connectivity index (χ3v) is 6.28. The fraction of sp³-hybridized carbons (Fsp3) is 0.214. The second kappa shape index (κ2) is 13.1. The molecule has 0 N–H and O–H groups in total. The van der Waals surface area contributed by atoms with Crippen molar-refractivity contribution >= 4 is 36.1 Å². The van der Waals surface area contributed by atoms with Crippen molar-refractivity contribution in [2.24, 2.45) is 0 Å². The van der Waals surface area contributed by atoms with Gasteiger partial charge in [-0.15, -0.1) is 0 Å². The van der Waals surface area contributed by atoms with E-state index in [0.717, 1.165) is 30.0 Å². The number of halogens is 6. The molecule has 0 radical (unpaired) electrons. The van der Waals surface area contributed by atoms with Crippen LogP contribution in [-0.2, 0) is 29.4 Å². The van der Waals surface area contributed by atoms with E-state index in [0.29, 0.717) is 46.7 Å². The van der Waals surface area contributed by atoms with E-state index in [1.165, 1.54) is 36.8 Å². The number of thioether (sulfide) groups is 1. The Morgan fingerprint density at radius 3 is 1.65 bits per heavy atom. The van der Waals surface area contributed by atoms with Gasteiger partial charge in [0.2, 0.25) is 11.8 Å². The maximum absolute atomic E-state index is 12.6. The standard InChI is InChI=1S/C28H22F6N2O3S/c29-27(30,31)21-7-1-19(2-8-21)5-11-25-35-23(16-38-25)15-37-13-14-40-18-24-17-39-26(36-24)12-6-20-3-9-22(10-4-20)28(32,33)34/h1-12,16-17H,13-15,18H2/b11-5+,12-6+. The number of aromatic nitrogens is 2. The van der Waals surface area contributed by atoms with Gasteiger partial charge in [-0.25, -0.2) is 9.97 Å². The summed E-state index contributed by atoms with van der Waals surface area (Å²) in [5.74, 6) is 1.93. The van der Waals surface area contributed by atoms with Crippen LogP contribution in [-0.4, -0.2) is 22.3 Å². The topological polar surface area (TPSA) is 61.3 Å². The van der Waals surface area contributed by atoms with Crippen molar-refractivity contribution in [3.05, 3.63) is 106 Å². The van der Waals surface area contributed by atoms with E-state index in [4.69, 9.17) is 13.6 Å². The van der Waals surface area contributed by atoms with Crippen molar-refractivity contribution in [3.8, 4) is 0 Å². The van der Waals surface area contributed by atoms with Crippen molar-refractivity contribution in [1.29, 1.82) is 0 Å². The number of benzene rings is 2. The average molecular weight is 581 g/mol. The zero-order valence-corrected chi connectivity index (χ0v) is 21.5. The second-order valence-electron chi connectivity index (χ2n) is 8.37. The summed E-state index contributed by atoms with van der Waals surface area (Å²) in [4.78, 5) is 8.59. The molecule has 0 aliphatic carbocycles. The summed E-state index contributed by atoms with van der Waals surface area (Å²) >= 11 is 1.58. The quantitative estimate of drug-likeness (QED) is 0.131. The molecule has 4 rings (SSSR count). The Kier molecular flexibility index (Phi) is 9.54. The highest BCUT2D eigenvalue weighted by Crippen LogP contribution is 2.30. The molecule has 0 amide bonds. The molecule has 0 atom stereocenters. The number of nitrogens with zero attached hydrogens (tertiary/aromatic N) is 2. The Morgan fingerprint density at radius 2 is 1.15 bits per heavy atom. The number of rotatable bonds is 11. The highest BCUT2D eigenvalue weighted by molar-refractivity contribution is 7.98. The molecule has 2 heterocycles. The van der Waals surface area contributed by atoms with Crippen LogP contribution in [0.25, 0.3) is 24.3 Å². The Bertz CT molecular complexity index is 1310. The fourth-order valence-electron chi connectivity index (χ4n) is 3.30. The molecule has 0 unspecified atom stereocenters. The Morgan fingerprint density at radius 1 is 0.675 bits per heavy atom. The Balaban J connectivity index is 1.13. The predicted octanol–water partition coefficient (Wildman–Crippen LogP) is 8.49. The van der Waals surface area contributed by atoms with Gasteiger partial charge in [-0.05, 0) is 47.5 Å². The van der Waals surface area contributed by atoms with Gasteiger partial charge in [-0.3, -0.25) is 0 Å². The fourth-order valence-corrected chi connectivity index (χ4v) is 4.03. The van der Waals surface area contributed by atoms with Crippen molar-refractivity contribution in [2.45, 2.75) is 24.7 Å². The van der Waals surface area contributed by atoms with Gasteiger partial charge in [0.05, 0.1) is 30.0 Å². The maximum atomic E-state index is 12.6. The van der Waals surface area contributed by atoms with Crippen LogP contribution in [0.3, 0.4) is 0 Å². The molecule has 2 aromatic carbocycles. The lowest BCUT2D eigenvalue weighted by atomic mass is 10.1. The van der Waals surface area contributed by atoms with Gasteiger partial charge >= 0.3 is 12.4 Å². The molecule has 0 saturated carbocycles. The van der Waals surface area contributed by atoms with Crippen LogP contribution in [0.5, 0.6) is 0 Å². The third-order valence-electron chi connectivity index (χ3n) is 5.32. The number of ether oxygens (including phenoxy) is 1. The van der Waals surface area contributed by atoms with Crippen molar-refractivity contribution in [1.82, 2.24) is 9.97 Å². The molecular formula is C28H22F6N2O3S. The Labute approximate surface area is 229 Å². The number of hydrogen-bond donors (Lipinski definition) is 0. The van der Waals surface area contributed by atoms with Crippen LogP contribution < -0.4 is 0 Å². The first kappa shape index (κ1) is 29.2. The lowest BCUT2D eigenvalue weighted by molar-refractivity contribution is -0.138. The molecule has 40 heavy (non-hydrogen) atoms. The minimum absolute atomic E-state index is 0.237. The SMILES string of the molecule is FC(F)(F)c1ccc(/C=C/c2nc(COCCSCc3coc(/C=C/c4ccc(C(F)(F)F)cc4)n3)co2)cc1. The summed E-state index contributed by atoms with van der Waals surface area (Å²) < 4.78 is 92.2. The van der Waals surface area contributed by atoms with Gasteiger partial charge in [0, 0.05) is 23.7 Å². The summed E-state index contributed by atoms with van der Waals surface area (Å²) in [7, 11) is 0. The first-order chi connectivity index (χ1) is 19.1. The minimum Gasteiger partial charge on any atom is -0.445 e. The van der Waals surface area contributed by atoms with Crippen LogP contribution in [0.15, 0.2) is 69.9 Å². The largest absolute Gasteiger partial charge is 0.445 e. The summed E-state index contributed by atoms with van der Waals surface area (Å²) in [6.45, 7) is 0.688. The molecule has 0 saturated heterocycles. The molecule has 5 nitrogen and oxygen atoms in total. The minimum atomic E-state index is -4.38. The van der Waals surface area contributed by atoms with E-state index < -0.39 is 23.5 Å². The summed E-state index contributed by atoms with van der Waals surface area (Å²) in [6, 6.07) is 9.54. The Hall–Kier alpha value is -3.77. The number of oxazole rings is 2. The summed E-state index contributed by atoms with van der Waals surface area (Å²) in [6.07, 6.45) is 0.604. The van der Waals surface area contributed by atoms with Crippen LogP contribution in [0.4, 0.5) is 26.3 Å². The van der Waals surface area contributed by atoms with Crippen LogP contribution >= 0.6 is 11.8 Å². The van der Waals surface area contributed by atoms with Crippen molar-refractivity contribution in [3.63, 3.8) is 0 Å². The van der Waals surface area contributed by atoms with Gasteiger partial charge in [0.1, 0.15) is 18.2 Å². The van der Waals surface area contributed by atoms with Gasteiger partial charge in [-0.1, -0.05) is 24.3 Å². The lowest BCUT2D eigenvalue weighted by Gasteiger charge is -2.05. The van der Waals surface area contributed by atoms with E-state index in [1.54, 1.807) is 36.1 Å². The van der Waals surface area contributed by atoms with Crippen LogP contribution in [0.2, 0.25) is 0 Å². The van der Waals surface area contributed by atoms with E-state index in [9.17, 15) is 26.3 Å². The molecule has 210 valence electrons. The molecule has 0 aliphatic heterocycles. The zero-order valence-electron chi connectivity index (χ0n) is 20.7. The summed E-state index contributed by atoms with van der Waals surface area (Å²) in [5.41, 5.74) is 1.05. The normalized spacial score (nSPS) is 12.7. The molecule has 12 heteroatoms. The first-order valence-electron chi connectivity index (χ1n) is 11.8. The average Bonchev–Trinajstić information content (AvgIpc) is 3.57. The molecule has 0 spiro atoms. The van der Waals surface area contributed by atoms with E-state index in [-0.39, 0.29) is 6.61 Å². The van der Waals surface area contributed by atoms with E-state index >= 15 is 0 Å². The number of alkyl halides is 6. The maximum Gasteiger partial charge on any atom is 0.416 e. The van der Waals surface area contributed by atoms with Gasteiger partial charge < -0.3 is 13.6 Å². The van der Waals surface area contributed by atoms with Crippen molar-refractivity contribution < 1.29 is 39.9 Å². The van der Waals surface area contributed by atoms with Crippen molar-refractivity contribution in [2.75, 3.05) is 12.4 Å². The summed E-state index contributed by atoms with van der Waals surface area (Å²) in [5, 5.41) is 0. The van der Waals surface area contributed by atoms with Gasteiger partial charge in [0.25, 0.3) is 0 Å². The van der Waals surface area contributed by atoms with Gasteiger partial charge in [0.15, 0.2) is 0 Å². The van der Waals surface area contributed by atoms with Gasteiger partial charge in [-0.2, -0.15) is 38.1 Å². The zero-order chi connectivity index (χ0) is 28.6. The highest BCUT2D eigenvalue weighted by Gasteiger charge is 2.30. The second-order valence-corrected chi connectivity index (χ2v) is 9.47. The molecular weight excluding hydrogens is 558 g/mol. The smallest absolute Gasteiger partial charge is 0.416 e.